The Balaban J connectivity index is 1.76. The number of carbonyl (C=O) groups is 2. The largest absolute Gasteiger partial charge is 0.497 e. The van der Waals surface area contributed by atoms with Crippen molar-refractivity contribution in [3.63, 3.8) is 0 Å². The Morgan fingerprint density at radius 1 is 1.06 bits per heavy atom. The normalized spacial score (nSPS) is 17.0. The molecule has 0 N–H and O–H groups in total. The Morgan fingerprint density at radius 2 is 1.84 bits per heavy atom. The molecule has 0 saturated heterocycles. The average molecular weight is 431 g/mol. The lowest BCUT2D eigenvalue weighted by Gasteiger charge is -2.26. The number of hydrogen-bond donors (Lipinski definition) is 0. The number of ketones is 1. The summed E-state index contributed by atoms with van der Waals surface area (Å²) < 4.78 is 18.3. The third kappa shape index (κ3) is 2.85. The van der Waals surface area contributed by atoms with Gasteiger partial charge in [-0.1, -0.05) is 0 Å². The summed E-state index contributed by atoms with van der Waals surface area (Å²) in [5, 5.41) is 0.831. The number of pyridine rings is 1. The van der Waals surface area contributed by atoms with Crippen molar-refractivity contribution in [3.05, 3.63) is 74.8 Å². The van der Waals surface area contributed by atoms with Crippen molar-refractivity contribution in [2.45, 2.75) is 26.2 Å². The molecule has 2 aliphatic rings. The average Bonchev–Trinajstić information content (AvgIpc) is 3.12. The second-order valence-corrected chi connectivity index (χ2v) is 8.23. The smallest absolute Gasteiger partial charge is 0.312 e. The predicted molar refractivity (Wildman–Crippen MR) is 118 cm³/mol. The van der Waals surface area contributed by atoms with Gasteiger partial charge in [0.25, 0.3) is 5.56 Å². The molecule has 7 nitrogen and oxygen atoms in total. The quantitative estimate of drug-likeness (QED) is 0.348. The molecule has 0 spiro atoms. The number of hydrogen-bond acceptors (Lipinski definition) is 6. The molecule has 0 saturated carbocycles. The molecule has 2 aliphatic heterocycles. The van der Waals surface area contributed by atoms with Gasteiger partial charge in [0.1, 0.15) is 17.2 Å². The van der Waals surface area contributed by atoms with Gasteiger partial charge in [0.05, 0.1) is 24.6 Å². The maximum atomic E-state index is 13.4. The summed E-state index contributed by atoms with van der Waals surface area (Å²) in [6.45, 7) is 3.60. The number of nitrogens with zero attached hydrogens (tertiary/aromatic N) is 1. The monoisotopic (exact) mass is 431 g/mol. The number of esters is 1. The number of methoxy groups -OCH3 is 1. The molecule has 1 atom stereocenters. The summed E-state index contributed by atoms with van der Waals surface area (Å²) in [7, 11) is 3.26. The van der Waals surface area contributed by atoms with Crippen LogP contribution in [-0.4, -0.2) is 23.4 Å². The van der Waals surface area contributed by atoms with Crippen LogP contribution < -0.4 is 19.8 Å². The lowest BCUT2D eigenvalue weighted by Crippen LogP contribution is -2.29. The number of carbonyl (C=O) groups excluding carboxylic acids is 2. The fourth-order valence-electron chi connectivity index (χ4n) is 4.43. The van der Waals surface area contributed by atoms with E-state index in [4.69, 9.17) is 14.2 Å². The first kappa shape index (κ1) is 20.1. The molecule has 2 aromatic carbocycles. The van der Waals surface area contributed by atoms with Crippen LogP contribution in [0.15, 0.2) is 52.5 Å². The van der Waals surface area contributed by atoms with E-state index in [1.165, 1.54) is 0 Å². The Kier molecular flexibility index (Phi) is 4.44. The van der Waals surface area contributed by atoms with E-state index in [-0.39, 0.29) is 23.5 Å². The third-order valence-electron chi connectivity index (χ3n) is 6.05. The molecule has 0 amide bonds. The molecule has 162 valence electrons. The van der Waals surface area contributed by atoms with Crippen LogP contribution in [0.25, 0.3) is 10.9 Å². The van der Waals surface area contributed by atoms with Gasteiger partial charge in [-0.2, -0.15) is 0 Å². The minimum absolute atomic E-state index is 0.0257. The number of aromatic nitrogens is 1. The highest BCUT2D eigenvalue weighted by molar-refractivity contribution is 6.13. The van der Waals surface area contributed by atoms with Crippen LogP contribution in [0.3, 0.4) is 0 Å². The lowest BCUT2D eigenvalue weighted by molar-refractivity contribution is -0.135. The molecule has 32 heavy (non-hydrogen) atoms. The van der Waals surface area contributed by atoms with Crippen molar-refractivity contribution >= 4 is 22.7 Å². The van der Waals surface area contributed by atoms with Crippen LogP contribution in [-0.2, 0) is 11.8 Å². The van der Waals surface area contributed by atoms with Crippen LogP contribution in [0, 0.1) is 0 Å². The highest BCUT2D eigenvalue weighted by Gasteiger charge is 2.39. The van der Waals surface area contributed by atoms with Crippen LogP contribution in [0.2, 0.25) is 0 Å². The molecular formula is C25H21NO6. The van der Waals surface area contributed by atoms with Crippen LogP contribution >= 0.6 is 0 Å². The third-order valence-corrected chi connectivity index (χ3v) is 6.05. The lowest BCUT2D eigenvalue weighted by atomic mass is 9.84. The minimum Gasteiger partial charge on any atom is -0.497 e. The molecule has 0 radical (unpaired) electrons. The minimum atomic E-state index is -0.601. The van der Waals surface area contributed by atoms with Gasteiger partial charge >= 0.3 is 5.97 Å². The highest BCUT2D eigenvalue weighted by atomic mass is 16.5. The first-order valence-corrected chi connectivity index (χ1v) is 10.3. The van der Waals surface area contributed by atoms with E-state index in [0.717, 1.165) is 11.0 Å². The topological polar surface area (TPSA) is 83.8 Å². The first-order valence-electron chi connectivity index (χ1n) is 10.3. The molecule has 0 fully saturated rings. The molecular weight excluding hydrogens is 410 g/mol. The van der Waals surface area contributed by atoms with Crippen LogP contribution in [0.1, 0.15) is 47.7 Å². The Labute approximate surface area is 183 Å². The Hall–Kier alpha value is -3.87. The summed E-state index contributed by atoms with van der Waals surface area (Å²) in [6, 6.07) is 10.5. The Morgan fingerprint density at radius 3 is 2.56 bits per heavy atom. The van der Waals surface area contributed by atoms with Gasteiger partial charge in [0.2, 0.25) is 5.78 Å². The molecule has 0 aliphatic carbocycles. The zero-order valence-electron chi connectivity index (χ0n) is 18.1. The fraction of sp³-hybridized carbons (Fsp3) is 0.240. The van der Waals surface area contributed by atoms with E-state index >= 15 is 0 Å². The summed E-state index contributed by atoms with van der Waals surface area (Å²) in [6.07, 6.45) is -0.0257. The fourth-order valence-corrected chi connectivity index (χ4v) is 4.43. The number of Topliss-reactive ketones (excluding diaryl/α,β-unsaturated/α-hetero) is 1. The van der Waals surface area contributed by atoms with Crippen molar-refractivity contribution in [2.75, 3.05) is 7.11 Å². The van der Waals surface area contributed by atoms with E-state index in [0.29, 0.717) is 39.5 Å². The summed E-state index contributed by atoms with van der Waals surface area (Å²) in [5.41, 5.74) is 2.63. The van der Waals surface area contributed by atoms with Gasteiger partial charge in [-0.25, -0.2) is 0 Å². The van der Waals surface area contributed by atoms with Gasteiger partial charge in [0, 0.05) is 30.2 Å². The molecule has 0 bridgehead atoms. The van der Waals surface area contributed by atoms with Gasteiger partial charge in [-0.05, 0) is 55.1 Å². The van der Waals surface area contributed by atoms with Gasteiger partial charge in [0.15, 0.2) is 5.76 Å². The number of ether oxygens (including phenoxy) is 3. The van der Waals surface area contributed by atoms with Crippen molar-refractivity contribution in [2.24, 2.45) is 7.05 Å². The van der Waals surface area contributed by atoms with Crippen LogP contribution in [0.4, 0.5) is 0 Å². The number of allylic oxidation sites excluding steroid dienone is 2. The predicted octanol–water partition coefficient (Wildman–Crippen LogP) is 3.86. The number of fused-ring (bicyclic) bond motifs is 4. The number of aryl methyl sites for hydroxylation is 1. The molecule has 1 unspecified atom stereocenters. The molecule has 5 rings (SSSR count). The van der Waals surface area contributed by atoms with Crippen molar-refractivity contribution < 1.29 is 23.8 Å². The maximum absolute atomic E-state index is 13.4. The van der Waals surface area contributed by atoms with Gasteiger partial charge in [-0.15, -0.1) is 0 Å². The van der Waals surface area contributed by atoms with Crippen molar-refractivity contribution in [1.29, 1.82) is 0 Å². The van der Waals surface area contributed by atoms with E-state index in [1.807, 2.05) is 12.1 Å². The van der Waals surface area contributed by atoms with Crippen molar-refractivity contribution in [3.8, 4) is 17.2 Å². The van der Waals surface area contributed by atoms with Gasteiger partial charge in [-0.3, -0.25) is 14.4 Å². The second kappa shape index (κ2) is 7.09. The standard InChI is InChI=1S/C25H21NO6/c1-12(2)23-22(28)15-7-8-19-21(24(15)32-23)16(11-20(27)31-19)17-9-13-5-6-14(30-4)10-18(13)26(3)25(17)29/h5-10,16H,11H2,1-4H3. The maximum Gasteiger partial charge on any atom is 0.312 e. The van der Waals surface area contributed by atoms with E-state index < -0.39 is 11.9 Å². The molecule has 3 aromatic rings. The van der Waals surface area contributed by atoms with Crippen LogP contribution in [0.5, 0.6) is 17.2 Å². The van der Waals surface area contributed by atoms with Crippen molar-refractivity contribution in [1.82, 2.24) is 4.57 Å². The summed E-state index contributed by atoms with van der Waals surface area (Å²) in [4.78, 5) is 38.6. The zero-order valence-corrected chi connectivity index (χ0v) is 18.1. The summed E-state index contributed by atoms with van der Waals surface area (Å²) in [5.74, 6) is 0.329. The van der Waals surface area contributed by atoms with Gasteiger partial charge < -0.3 is 18.8 Å². The SMILES string of the molecule is COc1ccc2cc(C3CC(=O)Oc4ccc5c(c43)OC(=C(C)C)C5=O)c(=O)n(C)c2c1. The molecule has 3 heterocycles. The Bertz CT molecular complexity index is 1420. The first-order chi connectivity index (χ1) is 15.3. The molecule has 7 heteroatoms. The highest BCUT2D eigenvalue weighted by Crippen LogP contribution is 2.48. The number of rotatable bonds is 2. The summed E-state index contributed by atoms with van der Waals surface area (Å²) >= 11 is 0. The second-order valence-electron chi connectivity index (χ2n) is 8.23. The zero-order chi connectivity index (χ0) is 22.7. The van der Waals surface area contributed by atoms with E-state index in [1.54, 1.807) is 56.8 Å². The molecule has 1 aromatic heterocycles. The van der Waals surface area contributed by atoms with E-state index in [9.17, 15) is 14.4 Å². The van der Waals surface area contributed by atoms with E-state index in [2.05, 4.69) is 0 Å². The number of benzene rings is 2.